The van der Waals surface area contributed by atoms with Crippen molar-refractivity contribution in [3.63, 3.8) is 0 Å². The van der Waals surface area contributed by atoms with Crippen molar-refractivity contribution in [2.24, 2.45) is 4.99 Å². The lowest BCUT2D eigenvalue weighted by atomic mass is 10.1. The topological polar surface area (TPSA) is 24.4 Å². The quantitative estimate of drug-likeness (QED) is 0.469. The van der Waals surface area contributed by atoms with Gasteiger partial charge in [0.15, 0.2) is 0 Å². The van der Waals surface area contributed by atoms with Gasteiger partial charge in [-0.15, -0.1) is 0 Å². The van der Waals surface area contributed by atoms with Crippen molar-refractivity contribution >= 4 is 35.9 Å². The average Bonchev–Trinajstić information content (AvgIpc) is 2.82. The van der Waals surface area contributed by atoms with Gasteiger partial charge in [-0.2, -0.15) is 0 Å². The number of hydrogen-bond donors (Lipinski definition) is 1. The van der Waals surface area contributed by atoms with Gasteiger partial charge in [-0.1, -0.05) is 97.1 Å². The number of nitrogens with one attached hydrogen (secondary N) is 1. The maximum absolute atomic E-state index is 13.0. The lowest BCUT2D eigenvalue weighted by Crippen LogP contribution is -2.20. The van der Waals surface area contributed by atoms with Crippen LogP contribution in [0.2, 0.25) is 0 Å². The number of rotatable bonds is 3. The van der Waals surface area contributed by atoms with Crippen molar-refractivity contribution in [2.75, 3.05) is 0 Å². The molecule has 0 saturated heterocycles. The first kappa shape index (κ1) is 20.0. The summed E-state index contributed by atoms with van der Waals surface area (Å²) in [6.07, 6.45) is 1.59. The van der Waals surface area contributed by atoms with Gasteiger partial charge >= 0.3 is 0 Å². The van der Waals surface area contributed by atoms with Crippen LogP contribution in [0.25, 0.3) is 0 Å². The van der Waals surface area contributed by atoms with Crippen molar-refractivity contribution in [3.8, 4) is 0 Å². The summed E-state index contributed by atoms with van der Waals surface area (Å²) >= 11 is 0. The first-order chi connectivity index (χ1) is 14.8. The number of halogens is 1. The van der Waals surface area contributed by atoms with Gasteiger partial charge in [0, 0.05) is 12.1 Å². The van der Waals surface area contributed by atoms with Crippen molar-refractivity contribution in [1.82, 2.24) is 5.32 Å². The molecule has 30 heavy (non-hydrogen) atoms. The maximum Gasteiger partial charge on any atom is 0.130 e. The lowest BCUT2D eigenvalue weighted by molar-refractivity contribution is 0.605. The highest BCUT2D eigenvalue weighted by atomic mass is 31.1. The average molecular weight is 412 g/mol. The fraction of sp³-hybridized carbons (Fsp3) is 0.0385. The van der Waals surface area contributed by atoms with E-state index >= 15 is 0 Å². The summed E-state index contributed by atoms with van der Waals surface area (Å²) in [6.45, 7) is 0.533. The van der Waals surface area contributed by atoms with E-state index in [-0.39, 0.29) is 5.82 Å². The molecule has 0 unspecified atom stereocenters. The van der Waals surface area contributed by atoms with Crippen LogP contribution in [0.4, 0.5) is 10.1 Å². The standard InChI is InChI=1S/C18H15P.C8H7FN2/c1-4-10-16(11-5-1)19(17-12-6-2-7-13-17)18-14-8-3-9-15-18;9-7-2-1-3-8-6(7)4-10-5-11-8/h1-15H;1-3,5H,4H2,(H,10,11). The van der Waals surface area contributed by atoms with Crippen molar-refractivity contribution in [2.45, 2.75) is 6.54 Å². The van der Waals surface area contributed by atoms with Crippen molar-refractivity contribution in [1.29, 1.82) is 0 Å². The first-order valence-electron chi connectivity index (χ1n) is 9.81. The normalized spacial score (nSPS) is 11.8. The summed E-state index contributed by atoms with van der Waals surface area (Å²) in [6, 6.07) is 37.2. The van der Waals surface area contributed by atoms with Gasteiger partial charge in [-0.05, 0) is 36.0 Å². The van der Waals surface area contributed by atoms with Crippen LogP contribution in [0.3, 0.4) is 0 Å². The Hall–Kier alpha value is -3.29. The largest absolute Gasteiger partial charge is 0.372 e. The molecular weight excluding hydrogens is 390 g/mol. The molecule has 0 aliphatic carbocycles. The summed E-state index contributed by atoms with van der Waals surface area (Å²) in [7, 11) is -0.446. The van der Waals surface area contributed by atoms with Crippen molar-refractivity contribution < 1.29 is 4.39 Å². The van der Waals surface area contributed by atoms with E-state index in [0.717, 1.165) is 5.69 Å². The smallest absolute Gasteiger partial charge is 0.130 e. The summed E-state index contributed by atoms with van der Waals surface area (Å²) in [5.41, 5.74) is 1.37. The van der Waals surface area contributed by atoms with Crippen LogP contribution in [0.1, 0.15) is 5.56 Å². The van der Waals surface area contributed by atoms with Crippen LogP contribution in [-0.4, -0.2) is 6.34 Å². The predicted molar refractivity (Wildman–Crippen MR) is 127 cm³/mol. The fourth-order valence-corrected chi connectivity index (χ4v) is 5.59. The van der Waals surface area contributed by atoms with E-state index in [4.69, 9.17) is 0 Å². The molecule has 1 aliphatic heterocycles. The Morgan fingerprint density at radius 1 is 0.633 bits per heavy atom. The van der Waals surface area contributed by atoms with Crippen LogP contribution >= 0.6 is 7.92 Å². The Balaban J connectivity index is 0.000000168. The first-order valence-corrected chi connectivity index (χ1v) is 11.2. The number of fused-ring (bicyclic) bond motifs is 1. The van der Waals surface area contributed by atoms with E-state index in [9.17, 15) is 4.39 Å². The SMILES string of the molecule is Fc1cccc2c1CNC=N2.c1ccc(P(c2ccccc2)c2ccccc2)cc1. The zero-order chi connectivity index (χ0) is 20.6. The highest BCUT2D eigenvalue weighted by Crippen LogP contribution is 2.32. The molecule has 4 aromatic rings. The third-order valence-corrected chi connectivity index (χ3v) is 7.15. The molecule has 1 N–H and O–H groups in total. The highest BCUT2D eigenvalue weighted by Gasteiger charge is 2.15. The molecule has 0 radical (unpaired) electrons. The van der Waals surface area contributed by atoms with Gasteiger partial charge in [-0.25, -0.2) is 9.38 Å². The summed E-state index contributed by atoms with van der Waals surface area (Å²) in [5, 5.41) is 7.04. The second-order valence-electron chi connectivity index (χ2n) is 6.72. The molecule has 0 aromatic heterocycles. The van der Waals surface area contributed by atoms with Gasteiger partial charge in [0.1, 0.15) is 5.82 Å². The van der Waals surface area contributed by atoms with E-state index in [1.54, 1.807) is 18.5 Å². The molecule has 0 atom stereocenters. The van der Waals surface area contributed by atoms with E-state index < -0.39 is 7.92 Å². The van der Waals surface area contributed by atoms with Crippen LogP contribution < -0.4 is 21.2 Å². The molecule has 148 valence electrons. The third-order valence-electron chi connectivity index (χ3n) is 4.71. The molecule has 5 rings (SSSR count). The Labute approximate surface area is 177 Å². The maximum atomic E-state index is 13.0. The molecule has 0 amide bonds. The minimum atomic E-state index is -0.446. The molecule has 1 aliphatic rings. The molecule has 4 heteroatoms. The van der Waals surface area contributed by atoms with Crippen LogP contribution in [0, 0.1) is 5.82 Å². The summed E-state index contributed by atoms with van der Waals surface area (Å²) in [4.78, 5) is 3.98. The van der Waals surface area contributed by atoms with Crippen LogP contribution in [-0.2, 0) is 6.54 Å². The Kier molecular flexibility index (Phi) is 6.64. The molecule has 2 nitrogen and oxygen atoms in total. The molecule has 1 heterocycles. The molecule has 0 spiro atoms. The van der Waals surface area contributed by atoms with E-state index in [2.05, 4.69) is 101 Å². The van der Waals surface area contributed by atoms with Gasteiger partial charge in [0.05, 0.1) is 12.0 Å². The molecule has 0 bridgehead atoms. The second kappa shape index (κ2) is 9.96. The minimum Gasteiger partial charge on any atom is -0.372 e. The third kappa shape index (κ3) is 4.82. The van der Waals surface area contributed by atoms with Gasteiger partial charge in [-0.3, -0.25) is 0 Å². The summed E-state index contributed by atoms with van der Waals surface area (Å²) < 4.78 is 13.0. The molecular formula is C26H22FN2P. The molecule has 4 aromatic carbocycles. The monoisotopic (exact) mass is 412 g/mol. The highest BCUT2D eigenvalue weighted by molar-refractivity contribution is 7.79. The van der Waals surface area contributed by atoms with E-state index in [1.165, 1.54) is 22.0 Å². The Bertz CT molecular complexity index is 1010. The van der Waals surface area contributed by atoms with Gasteiger partial charge < -0.3 is 5.32 Å². The number of hydrogen-bond acceptors (Lipinski definition) is 2. The zero-order valence-electron chi connectivity index (χ0n) is 16.4. The number of benzene rings is 4. The zero-order valence-corrected chi connectivity index (χ0v) is 17.3. The number of nitrogens with zero attached hydrogens (tertiary/aromatic N) is 1. The van der Waals surface area contributed by atoms with Crippen LogP contribution in [0.15, 0.2) is 114 Å². The number of aliphatic imine (C=N–C) groups is 1. The van der Waals surface area contributed by atoms with Gasteiger partial charge in [0.2, 0.25) is 0 Å². The lowest BCUT2D eigenvalue weighted by Gasteiger charge is -2.18. The van der Waals surface area contributed by atoms with E-state index in [0.29, 0.717) is 12.1 Å². The summed E-state index contributed by atoms with van der Waals surface area (Å²) in [5.74, 6) is -0.188. The fourth-order valence-electron chi connectivity index (χ4n) is 3.28. The van der Waals surface area contributed by atoms with Crippen LogP contribution in [0.5, 0.6) is 0 Å². The molecule has 0 saturated carbocycles. The van der Waals surface area contributed by atoms with Gasteiger partial charge in [0.25, 0.3) is 0 Å². The van der Waals surface area contributed by atoms with Crippen molar-refractivity contribution in [3.05, 3.63) is 121 Å². The van der Waals surface area contributed by atoms with E-state index in [1.807, 2.05) is 0 Å². The Morgan fingerprint density at radius 3 is 1.60 bits per heavy atom. The molecule has 0 fully saturated rings. The minimum absolute atomic E-state index is 0.188. The predicted octanol–water partition coefficient (Wildman–Crippen LogP) is 5.03. The second-order valence-corrected chi connectivity index (χ2v) is 8.94. The Morgan fingerprint density at radius 2 is 1.13 bits per heavy atom.